The van der Waals surface area contributed by atoms with Crippen LogP contribution in [-0.2, 0) is 14.1 Å². The largest absolute Gasteiger partial charge is 0.498 e. The summed E-state index contributed by atoms with van der Waals surface area (Å²) in [6.07, 6.45) is 0. The van der Waals surface area contributed by atoms with Crippen LogP contribution >= 0.6 is 0 Å². The van der Waals surface area contributed by atoms with E-state index in [0.29, 0.717) is 5.75 Å². The van der Waals surface area contributed by atoms with Gasteiger partial charge >= 0.3 is 13.1 Å². The predicted molar refractivity (Wildman–Crippen MR) is 73.5 cm³/mol. The van der Waals surface area contributed by atoms with Gasteiger partial charge in [0.05, 0.1) is 11.2 Å². The molecule has 0 aromatic heterocycles. The Kier molecular flexibility index (Phi) is 3.45. The third kappa shape index (κ3) is 2.67. The fourth-order valence-corrected chi connectivity index (χ4v) is 1.89. The van der Waals surface area contributed by atoms with Crippen LogP contribution < -0.4 is 10.2 Å². The smallest absolute Gasteiger partial charge is 0.427 e. The molecule has 1 aromatic carbocycles. The van der Waals surface area contributed by atoms with Gasteiger partial charge in [0, 0.05) is 12.4 Å². The van der Waals surface area contributed by atoms with Gasteiger partial charge in [-0.05, 0) is 33.8 Å². The lowest BCUT2D eigenvalue weighted by molar-refractivity contribution is -0.131. The number of ether oxygens (including phenoxy) is 1. The Morgan fingerprint density at radius 2 is 1.63 bits per heavy atom. The van der Waals surface area contributed by atoms with Gasteiger partial charge in [-0.2, -0.15) is 0 Å². The number of rotatable bonds is 2. The van der Waals surface area contributed by atoms with Crippen molar-refractivity contribution in [3.05, 3.63) is 24.3 Å². The van der Waals surface area contributed by atoms with Gasteiger partial charge in [-0.15, -0.1) is 0 Å². The first-order valence-corrected chi connectivity index (χ1v) is 6.36. The minimum atomic E-state index is -0.527. The summed E-state index contributed by atoms with van der Waals surface area (Å²) in [5, 5.41) is 0. The van der Waals surface area contributed by atoms with Crippen molar-refractivity contribution in [3.63, 3.8) is 0 Å². The molecule has 0 saturated carbocycles. The molecule has 0 amide bonds. The van der Waals surface area contributed by atoms with Crippen LogP contribution in [0.5, 0.6) is 5.75 Å². The molecule has 102 valence electrons. The van der Waals surface area contributed by atoms with Gasteiger partial charge in [-0.25, -0.2) is 0 Å². The minimum Gasteiger partial charge on any atom is -0.427 e. The van der Waals surface area contributed by atoms with E-state index in [0.717, 1.165) is 5.46 Å². The highest BCUT2D eigenvalue weighted by molar-refractivity contribution is 6.63. The zero-order chi connectivity index (χ0) is 14.3. The third-order valence-electron chi connectivity index (χ3n) is 3.68. The van der Waals surface area contributed by atoms with Gasteiger partial charge in [-0.1, -0.05) is 18.2 Å². The van der Waals surface area contributed by atoms with Gasteiger partial charge in [0.25, 0.3) is 0 Å². The van der Waals surface area contributed by atoms with Gasteiger partial charge in [-0.3, -0.25) is 4.79 Å². The van der Waals surface area contributed by atoms with E-state index in [4.69, 9.17) is 14.0 Å². The Labute approximate surface area is 114 Å². The normalized spacial score (nSPS) is 20.4. The molecule has 1 fully saturated rings. The van der Waals surface area contributed by atoms with E-state index in [1.165, 1.54) is 6.92 Å². The summed E-state index contributed by atoms with van der Waals surface area (Å²) in [7, 11) is -0.527. The van der Waals surface area contributed by atoms with Crippen molar-refractivity contribution in [1.82, 2.24) is 0 Å². The van der Waals surface area contributed by atoms with Crippen molar-refractivity contribution < 1.29 is 18.8 Å². The SMILES string of the molecule is CC(=O)Oc1ccccc1B1OC(C)(C)C(C)(C)O1. The third-order valence-corrected chi connectivity index (χ3v) is 3.68. The van der Waals surface area contributed by atoms with Gasteiger partial charge < -0.3 is 14.0 Å². The van der Waals surface area contributed by atoms with Crippen molar-refractivity contribution in [3.8, 4) is 5.75 Å². The van der Waals surface area contributed by atoms with Crippen LogP contribution in [0.15, 0.2) is 24.3 Å². The Morgan fingerprint density at radius 1 is 1.11 bits per heavy atom. The number of benzene rings is 1. The fraction of sp³-hybridized carbons (Fsp3) is 0.500. The highest BCUT2D eigenvalue weighted by atomic mass is 16.7. The summed E-state index contributed by atoms with van der Waals surface area (Å²) in [5.41, 5.74) is -0.0986. The van der Waals surface area contributed by atoms with Crippen molar-refractivity contribution >= 4 is 18.6 Å². The molecule has 2 rings (SSSR count). The Bertz CT molecular complexity index is 480. The number of carbonyl (C=O) groups excluding carboxylic acids is 1. The lowest BCUT2D eigenvalue weighted by atomic mass is 9.78. The lowest BCUT2D eigenvalue weighted by Crippen LogP contribution is -2.41. The summed E-state index contributed by atoms with van der Waals surface area (Å²) in [4.78, 5) is 11.1. The van der Waals surface area contributed by atoms with E-state index in [1.807, 2.05) is 45.9 Å². The molecule has 1 saturated heterocycles. The summed E-state index contributed by atoms with van der Waals surface area (Å²) in [5.74, 6) is 0.123. The first kappa shape index (κ1) is 14.1. The Hall–Kier alpha value is -1.33. The van der Waals surface area contributed by atoms with Crippen molar-refractivity contribution in [1.29, 1.82) is 0 Å². The monoisotopic (exact) mass is 262 g/mol. The second-order valence-electron chi connectivity index (χ2n) is 5.72. The molecule has 0 unspecified atom stereocenters. The molecule has 5 heteroatoms. The quantitative estimate of drug-likeness (QED) is 0.464. The molecule has 0 spiro atoms. The fourth-order valence-electron chi connectivity index (χ4n) is 1.89. The Balaban J connectivity index is 2.32. The first-order valence-electron chi connectivity index (χ1n) is 6.36. The number of para-hydroxylation sites is 1. The van der Waals surface area contributed by atoms with Crippen molar-refractivity contribution in [2.24, 2.45) is 0 Å². The van der Waals surface area contributed by atoms with Crippen molar-refractivity contribution in [2.45, 2.75) is 45.8 Å². The topological polar surface area (TPSA) is 44.8 Å². The van der Waals surface area contributed by atoms with Crippen LogP contribution in [0, 0.1) is 0 Å². The van der Waals surface area contributed by atoms with Gasteiger partial charge in [0.1, 0.15) is 5.75 Å². The number of hydrogen-bond acceptors (Lipinski definition) is 4. The molecular formula is C14H19BO4. The molecule has 0 N–H and O–H groups in total. The summed E-state index contributed by atoms with van der Waals surface area (Å²) in [6, 6.07) is 7.27. The van der Waals surface area contributed by atoms with E-state index in [2.05, 4.69) is 0 Å². The average Bonchev–Trinajstić information content (AvgIpc) is 2.48. The van der Waals surface area contributed by atoms with E-state index in [9.17, 15) is 4.79 Å². The van der Waals surface area contributed by atoms with Crippen LogP contribution in [-0.4, -0.2) is 24.3 Å². The van der Waals surface area contributed by atoms with E-state index >= 15 is 0 Å². The molecule has 1 aromatic rings. The number of carbonyl (C=O) groups is 1. The number of esters is 1. The molecule has 4 nitrogen and oxygen atoms in total. The molecule has 1 aliphatic heterocycles. The molecule has 1 aliphatic rings. The van der Waals surface area contributed by atoms with E-state index in [1.54, 1.807) is 6.07 Å². The second kappa shape index (κ2) is 4.65. The Morgan fingerprint density at radius 3 is 2.16 bits per heavy atom. The lowest BCUT2D eigenvalue weighted by Gasteiger charge is -2.32. The molecule has 19 heavy (non-hydrogen) atoms. The maximum atomic E-state index is 11.1. The van der Waals surface area contributed by atoms with Crippen LogP contribution in [0.4, 0.5) is 0 Å². The van der Waals surface area contributed by atoms with E-state index < -0.39 is 18.3 Å². The second-order valence-corrected chi connectivity index (χ2v) is 5.72. The maximum Gasteiger partial charge on any atom is 0.498 e. The van der Waals surface area contributed by atoms with Crippen LogP contribution in [0.25, 0.3) is 0 Å². The minimum absolute atomic E-state index is 0.357. The zero-order valence-corrected chi connectivity index (χ0v) is 12.0. The van der Waals surface area contributed by atoms with Crippen molar-refractivity contribution in [2.75, 3.05) is 0 Å². The predicted octanol–water partition coefficient (Wildman–Crippen LogP) is 1.91. The summed E-state index contributed by atoms with van der Waals surface area (Å²) in [6.45, 7) is 9.33. The zero-order valence-electron chi connectivity index (χ0n) is 12.0. The summed E-state index contributed by atoms with van der Waals surface area (Å²) < 4.78 is 17.1. The van der Waals surface area contributed by atoms with Crippen LogP contribution in [0.2, 0.25) is 0 Å². The maximum absolute atomic E-state index is 11.1. The molecular weight excluding hydrogens is 243 g/mol. The van der Waals surface area contributed by atoms with Gasteiger partial charge in [0.15, 0.2) is 0 Å². The first-order chi connectivity index (χ1) is 8.73. The molecule has 0 aliphatic carbocycles. The highest BCUT2D eigenvalue weighted by Crippen LogP contribution is 2.37. The number of hydrogen-bond donors (Lipinski definition) is 0. The van der Waals surface area contributed by atoms with E-state index in [-0.39, 0.29) is 5.97 Å². The van der Waals surface area contributed by atoms with Crippen LogP contribution in [0.3, 0.4) is 0 Å². The van der Waals surface area contributed by atoms with Crippen LogP contribution in [0.1, 0.15) is 34.6 Å². The summed E-state index contributed by atoms with van der Waals surface area (Å²) >= 11 is 0. The van der Waals surface area contributed by atoms with Gasteiger partial charge in [0.2, 0.25) is 0 Å². The molecule has 0 bridgehead atoms. The average molecular weight is 262 g/mol. The highest BCUT2D eigenvalue weighted by Gasteiger charge is 2.52. The molecule has 0 atom stereocenters. The molecule has 1 heterocycles. The molecule has 0 radical (unpaired) electrons. The standard InChI is InChI=1S/C14H19BO4/c1-10(16)17-12-9-7-6-8-11(12)15-18-13(2,3)14(4,5)19-15/h6-9H,1-5H3.